The van der Waals surface area contributed by atoms with Crippen molar-refractivity contribution in [3.8, 4) is 5.75 Å². The molecule has 4 aromatic rings. The van der Waals surface area contributed by atoms with Crippen molar-refractivity contribution in [2.45, 2.75) is 19.6 Å². The lowest BCUT2D eigenvalue weighted by Crippen LogP contribution is -2.45. The molecule has 0 aliphatic carbocycles. The zero-order valence-corrected chi connectivity index (χ0v) is 18.5. The molecule has 0 bridgehead atoms. The van der Waals surface area contributed by atoms with Crippen molar-refractivity contribution in [3.63, 3.8) is 0 Å². The molecule has 2 heterocycles. The number of ether oxygens (including phenoxy) is 1. The molecule has 0 radical (unpaired) electrons. The van der Waals surface area contributed by atoms with Crippen LogP contribution in [0.25, 0.3) is 11.0 Å². The molecule has 160 valence electrons. The Morgan fingerprint density at radius 3 is 2.29 bits per heavy atom. The van der Waals surface area contributed by atoms with E-state index in [1.54, 1.807) is 7.11 Å². The minimum Gasteiger partial charge on any atom is -0.497 e. The zero-order chi connectivity index (χ0) is 20.3. The summed E-state index contributed by atoms with van der Waals surface area (Å²) in [5, 5.41) is 0. The Hall–Kier alpha value is -3.02. The number of methoxy groups -OCH3 is 1. The van der Waals surface area contributed by atoms with Gasteiger partial charge >= 0.3 is 0 Å². The molecule has 0 fully saturated rings. The molecule has 0 N–H and O–H groups in total. The fraction of sp³-hybridized carbons (Fsp3) is 0.240. The van der Waals surface area contributed by atoms with Gasteiger partial charge in [0, 0.05) is 19.2 Å². The lowest BCUT2D eigenvalue weighted by Gasteiger charge is -2.37. The topological polar surface area (TPSA) is 33.5 Å². The highest BCUT2D eigenvalue weighted by Crippen LogP contribution is 2.30. The van der Waals surface area contributed by atoms with Gasteiger partial charge in [-0.3, -0.25) is 9.47 Å². The van der Waals surface area contributed by atoms with Crippen molar-refractivity contribution >= 4 is 29.4 Å². The number of imidazole rings is 1. The third kappa shape index (κ3) is 4.53. The van der Waals surface area contributed by atoms with Crippen LogP contribution in [0.5, 0.6) is 5.75 Å². The van der Waals surface area contributed by atoms with Crippen LogP contribution in [0.15, 0.2) is 78.9 Å². The third-order valence-electron chi connectivity index (χ3n) is 5.71. The quantitative estimate of drug-likeness (QED) is 0.430. The Balaban J connectivity index is 0.00000231. The first kappa shape index (κ1) is 21.2. The highest BCUT2D eigenvalue weighted by atomic mass is 35.5. The SMILES string of the molecule is COc1ccc2c(c1)nc1n2CN(CCc2ccccc2)CN1Cc1ccccc1.Cl. The van der Waals surface area contributed by atoms with Gasteiger partial charge in [-0.05, 0) is 29.7 Å². The molecule has 6 heteroatoms. The van der Waals surface area contributed by atoms with Gasteiger partial charge in [0.05, 0.1) is 31.5 Å². The fourth-order valence-corrected chi connectivity index (χ4v) is 4.15. The molecule has 0 atom stereocenters. The lowest BCUT2D eigenvalue weighted by atomic mass is 10.1. The average molecular weight is 435 g/mol. The minimum absolute atomic E-state index is 0. The maximum absolute atomic E-state index is 5.41. The van der Waals surface area contributed by atoms with Crippen molar-refractivity contribution in [3.05, 3.63) is 90.0 Å². The summed E-state index contributed by atoms with van der Waals surface area (Å²) in [5.74, 6) is 1.87. The summed E-state index contributed by atoms with van der Waals surface area (Å²) in [6.45, 7) is 3.55. The zero-order valence-electron chi connectivity index (χ0n) is 17.6. The number of halogens is 1. The van der Waals surface area contributed by atoms with Gasteiger partial charge in [0.1, 0.15) is 5.75 Å². The van der Waals surface area contributed by atoms with E-state index in [-0.39, 0.29) is 12.4 Å². The summed E-state index contributed by atoms with van der Waals surface area (Å²) in [6, 6.07) is 27.5. The monoisotopic (exact) mass is 434 g/mol. The number of nitrogens with zero attached hydrogens (tertiary/aromatic N) is 4. The molecule has 5 nitrogen and oxygen atoms in total. The predicted octanol–water partition coefficient (Wildman–Crippen LogP) is 4.95. The van der Waals surface area contributed by atoms with E-state index in [2.05, 4.69) is 81.1 Å². The smallest absolute Gasteiger partial charge is 0.209 e. The number of fused-ring (bicyclic) bond motifs is 3. The second kappa shape index (κ2) is 9.41. The van der Waals surface area contributed by atoms with Gasteiger partial charge in [-0.1, -0.05) is 60.7 Å². The van der Waals surface area contributed by atoms with E-state index in [0.717, 1.165) is 55.6 Å². The van der Waals surface area contributed by atoms with Crippen LogP contribution in [-0.4, -0.2) is 34.8 Å². The van der Waals surface area contributed by atoms with Crippen LogP contribution in [0, 0.1) is 0 Å². The molecule has 3 aromatic carbocycles. The largest absolute Gasteiger partial charge is 0.497 e. The van der Waals surface area contributed by atoms with Crippen LogP contribution in [0.2, 0.25) is 0 Å². The van der Waals surface area contributed by atoms with E-state index in [1.165, 1.54) is 11.1 Å². The average Bonchev–Trinajstić information content (AvgIpc) is 3.17. The third-order valence-corrected chi connectivity index (χ3v) is 5.71. The number of aromatic nitrogens is 2. The minimum atomic E-state index is 0. The van der Waals surface area contributed by atoms with Gasteiger partial charge in [0.25, 0.3) is 0 Å². The van der Waals surface area contributed by atoms with Gasteiger partial charge in [-0.15, -0.1) is 12.4 Å². The molecule has 5 rings (SSSR count). The van der Waals surface area contributed by atoms with Crippen LogP contribution in [0.4, 0.5) is 5.95 Å². The summed E-state index contributed by atoms with van der Waals surface area (Å²) in [6.07, 6.45) is 1.04. The Labute approximate surface area is 189 Å². The second-order valence-corrected chi connectivity index (χ2v) is 7.79. The van der Waals surface area contributed by atoms with E-state index in [9.17, 15) is 0 Å². The number of rotatable bonds is 6. The number of hydrogen-bond acceptors (Lipinski definition) is 4. The molecule has 31 heavy (non-hydrogen) atoms. The van der Waals surface area contributed by atoms with E-state index in [0.29, 0.717) is 0 Å². The Bertz CT molecular complexity index is 1130. The maximum atomic E-state index is 5.41. The van der Waals surface area contributed by atoms with Gasteiger partial charge in [0.15, 0.2) is 0 Å². The van der Waals surface area contributed by atoms with Gasteiger partial charge in [-0.2, -0.15) is 0 Å². The highest BCUT2D eigenvalue weighted by Gasteiger charge is 2.26. The van der Waals surface area contributed by atoms with E-state index < -0.39 is 0 Å². The van der Waals surface area contributed by atoms with Crippen molar-refractivity contribution in [2.24, 2.45) is 0 Å². The van der Waals surface area contributed by atoms with Crippen LogP contribution < -0.4 is 9.64 Å². The van der Waals surface area contributed by atoms with Gasteiger partial charge < -0.3 is 9.64 Å². The summed E-state index contributed by atoms with van der Waals surface area (Å²) in [7, 11) is 1.70. The van der Waals surface area contributed by atoms with Crippen molar-refractivity contribution in [2.75, 3.05) is 25.2 Å². The second-order valence-electron chi connectivity index (χ2n) is 7.79. The molecule has 1 aliphatic rings. The first-order chi connectivity index (χ1) is 14.8. The molecular formula is C25H27ClN4O. The Morgan fingerprint density at radius 2 is 1.58 bits per heavy atom. The van der Waals surface area contributed by atoms with Gasteiger partial charge in [-0.25, -0.2) is 4.98 Å². The summed E-state index contributed by atoms with van der Waals surface area (Å²) < 4.78 is 7.74. The molecule has 0 spiro atoms. The number of benzene rings is 3. The fourth-order valence-electron chi connectivity index (χ4n) is 4.15. The van der Waals surface area contributed by atoms with Crippen molar-refractivity contribution in [1.82, 2.24) is 14.5 Å². The summed E-state index contributed by atoms with van der Waals surface area (Å²) >= 11 is 0. The lowest BCUT2D eigenvalue weighted by molar-refractivity contribution is 0.200. The molecule has 0 saturated heterocycles. The molecular weight excluding hydrogens is 408 g/mol. The summed E-state index contributed by atoms with van der Waals surface area (Å²) in [4.78, 5) is 9.84. The van der Waals surface area contributed by atoms with E-state index in [4.69, 9.17) is 9.72 Å². The standard InChI is InChI=1S/C25H26N4O.ClH/c1-30-22-12-13-24-23(16-22)26-25-28(17-21-10-6-3-7-11-21)18-27(19-29(24)25)15-14-20-8-4-2-5-9-20;/h2-13,16H,14-15,17-19H2,1H3;1H. The van der Waals surface area contributed by atoms with Crippen LogP contribution in [-0.2, 0) is 19.6 Å². The highest BCUT2D eigenvalue weighted by molar-refractivity contribution is 5.85. The maximum Gasteiger partial charge on any atom is 0.209 e. The molecule has 0 amide bonds. The van der Waals surface area contributed by atoms with Gasteiger partial charge in [0.2, 0.25) is 5.95 Å². The summed E-state index contributed by atoms with van der Waals surface area (Å²) in [5.41, 5.74) is 4.79. The Kier molecular flexibility index (Phi) is 6.44. The molecule has 0 saturated carbocycles. The van der Waals surface area contributed by atoms with E-state index in [1.807, 2.05) is 12.1 Å². The predicted molar refractivity (Wildman–Crippen MR) is 128 cm³/mol. The molecule has 0 unspecified atom stereocenters. The Morgan fingerprint density at radius 1 is 0.871 bits per heavy atom. The van der Waals surface area contributed by atoms with Crippen molar-refractivity contribution in [1.29, 1.82) is 0 Å². The number of hydrogen-bond donors (Lipinski definition) is 0. The molecule has 1 aromatic heterocycles. The van der Waals surface area contributed by atoms with Crippen LogP contribution in [0.1, 0.15) is 11.1 Å². The van der Waals surface area contributed by atoms with Crippen molar-refractivity contribution < 1.29 is 4.74 Å². The van der Waals surface area contributed by atoms with E-state index >= 15 is 0 Å². The van der Waals surface area contributed by atoms with Crippen LogP contribution in [0.3, 0.4) is 0 Å². The first-order valence-corrected chi connectivity index (χ1v) is 10.4. The normalized spacial score (nSPS) is 13.6. The first-order valence-electron chi connectivity index (χ1n) is 10.4. The molecule has 1 aliphatic heterocycles. The number of anilines is 1. The van der Waals surface area contributed by atoms with Crippen LogP contribution >= 0.6 is 12.4 Å².